The first kappa shape index (κ1) is 28.5. The maximum absolute atomic E-state index is 13.7. The van der Waals surface area contributed by atoms with Crippen LogP contribution in [0.15, 0.2) is 23.8 Å². The zero-order valence-electron chi connectivity index (χ0n) is 27.3. The molecular formula is C39H58O3. The van der Waals surface area contributed by atoms with Crippen LogP contribution in [0, 0.1) is 68.5 Å². The lowest BCUT2D eigenvalue weighted by Crippen LogP contribution is -2.62. The monoisotopic (exact) mass is 574 g/mol. The van der Waals surface area contributed by atoms with Crippen molar-refractivity contribution < 1.29 is 15.0 Å². The topological polar surface area (TPSA) is 57.5 Å². The highest BCUT2D eigenvalue weighted by Gasteiger charge is 2.69. The molecule has 0 heterocycles. The number of aliphatic hydroxyl groups is 2. The molecule has 8 aliphatic carbocycles. The number of carbonyl (C=O) groups excluding carboxylic acids is 1. The van der Waals surface area contributed by atoms with Crippen molar-refractivity contribution in [2.45, 2.75) is 143 Å². The molecular weight excluding hydrogens is 516 g/mol. The van der Waals surface area contributed by atoms with Gasteiger partial charge in [0, 0.05) is 11.8 Å². The summed E-state index contributed by atoms with van der Waals surface area (Å²) < 4.78 is 0. The van der Waals surface area contributed by atoms with Gasteiger partial charge >= 0.3 is 0 Å². The zero-order valence-corrected chi connectivity index (χ0v) is 27.3. The molecule has 0 spiro atoms. The predicted octanol–water partition coefficient (Wildman–Crippen LogP) is 8.44. The second kappa shape index (κ2) is 8.86. The van der Waals surface area contributed by atoms with E-state index >= 15 is 0 Å². The average molecular weight is 575 g/mol. The van der Waals surface area contributed by atoms with Crippen LogP contribution in [0.25, 0.3) is 0 Å². The van der Waals surface area contributed by atoms with Crippen LogP contribution in [0.5, 0.6) is 0 Å². The molecule has 3 nitrogen and oxygen atoms in total. The molecule has 6 fully saturated rings. The summed E-state index contributed by atoms with van der Waals surface area (Å²) in [7, 11) is 0. The fourth-order valence-corrected chi connectivity index (χ4v) is 15.0. The summed E-state index contributed by atoms with van der Waals surface area (Å²) in [5.41, 5.74) is 1.40. The van der Waals surface area contributed by atoms with E-state index in [1.807, 2.05) is 0 Å². The lowest BCUT2D eigenvalue weighted by Gasteiger charge is -2.69. The maximum Gasteiger partial charge on any atom is 0.155 e. The minimum Gasteiger partial charge on any atom is -0.393 e. The van der Waals surface area contributed by atoms with Gasteiger partial charge in [-0.2, -0.15) is 0 Å². The number of rotatable bonds is 1. The lowest BCUT2D eigenvalue weighted by molar-refractivity contribution is -0.155. The van der Waals surface area contributed by atoms with Crippen molar-refractivity contribution >= 4 is 5.78 Å². The Morgan fingerprint density at radius 1 is 0.738 bits per heavy atom. The fourth-order valence-electron chi connectivity index (χ4n) is 15.0. The lowest BCUT2D eigenvalue weighted by atomic mass is 9.35. The van der Waals surface area contributed by atoms with Gasteiger partial charge in [0.15, 0.2) is 5.78 Å². The molecule has 8 aliphatic rings. The summed E-state index contributed by atoms with van der Waals surface area (Å²) in [4.78, 5) is 13.7. The first-order valence-corrected chi connectivity index (χ1v) is 18.2. The summed E-state index contributed by atoms with van der Waals surface area (Å²) in [5, 5.41) is 22.6. The Balaban J connectivity index is 1.22. The number of hydrogen-bond donors (Lipinski definition) is 2. The van der Waals surface area contributed by atoms with Crippen molar-refractivity contribution in [2.75, 3.05) is 0 Å². The van der Waals surface area contributed by atoms with Crippen LogP contribution >= 0.6 is 0 Å². The highest BCUT2D eigenvalue weighted by atomic mass is 16.3. The van der Waals surface area contributed by atoms with Crippen molar-refractivity contribution in [3.63, 3.8) is 0 Å². The van der Waals surface area contributed by atoms with Crippen molar-refractivity contribution in [3.8, 4) is 0 Å². The van der Waals surface area contributed by atoms with Gasteiger partial charge in [0.2, 0.25) is 0 Å². The molecule has 14 atom stereocenters. The first-order chi connectivity index (χ1) is 19.8. The third kappa shape index (κ3) is 3.25. The van der Waals surface area contributed by atoms with Crippen molar-refractivity contribution in [1.82, 2.24) is 0 Å². The number of carbonyl (C=O) groups is 1. The highest BCUT2D eigenvalue weighted by Crippen LogP contribution is 2.76. The SMILES string of the molecule is CC1(O)CC[C@H]2[C@@H]3CCC4CC(=O)C=C(C56CCC=C[C@]5(C)[C@@H]5CC[C@]7(C)C(O)CC[C@H]7[C@@H]5CC6)[C@]4(C)[C@@H]3CC[C@@]21C. The maximum atomic E-state index is 13.7. The van der Waals surface area contributed by atoms with E-state index in [1.165, 1.54) is 57.8 Å². The van der Waals surface area contributed by atoms with E-state index in [9.17, 15) is 15.0 Å². The van der Waals surface area contributed by atoms with E-state index < -0.39 is 5.60 Å². The molecule has 6 saturated carbocycles. The van der Waals surface area contributed by atoms with Crippen molar-refractivity contribution in [3.05, 3.63) is 23.8 Å². The largest absolute Gasteiger partial charge is 0.393 e. The van der Waals surface area contributed by atoms with E-state index in [0.717, 1.165) is 38.5 Å². The Kier molecular flexibility index (Phi) is 6.02. The standard InChI is InChI=1S/C39H58O3/c1-34-18-13-30-27(28(34)10-11-33(34)41)12-21-39(17-7-6-16-36(30,39)3)32-23-25(40)22-24-8-9-26-29-15-20-37(4,42)35(29,2)19-14-31(26)38(24,32)5/h6,16,23-24,26-31,33,41-42H,7-15,17-22H2,1-5H3/t24?,26-,27-,28-,29-,30+,31+,33?,34-,35-,36+,37?,38-,39?/m0/s1. The van der Waals surface area contributed by atoms with Crippen LogP contribution in [0.1, 0.15) is 131 Å². The molecule has 42 heavy (non-hydrogen) atoms. The van der Waals surface area contributed by atoms with Gasteiger partial charge in [-0.1, -0.05) is 45.4 Å². The third-order valence-corrected chi connectivity index (χ3v) is 17.6. The van der Waals surface area contributed by atoms with Crippen LogP contribution in [0.2, 0.25) is 0 Å². The molecule has 3 heteroatoms. The van der Waals surface area contributed by atoms with E-state index in [-0.39, 0.29) is 33.2 Å². The molecule has 0 aromatic heterocycles. The average Bonchev–Trinajstić information content (AvgIpc) is 3.39. The van der Waals surface area contributed by atoms with Crippen molar-refractivity contribution in [1.29, 1.82) is 0 Å². The molecule has 8 rings (SSSR count). The van der Waals surface area contributed by atoms with Gasteiger partial charge in [-0.05, 0) is 166 Å². The minimum atomic E-state index is -0.547. The Bertz CT molecular complexity index is 1230. The Morgan fingerprint density at radius 2 is 1.48 bits per heavy atom. The molecule has 0 aromatic carbocycles. The van der Waals surface area contributed by atoms with Crippen LogP contribution < -0.4 is 0 Å². The summed E-state index contributed by atoms with van der Waals surface area (Å²) in [6.07, 6.45) is 24.3. The van der Waals surface area contributed by atoms with Gasteiger partial charge in [0.25, 0.3) is 0 Å². The Hall–Kier alpha value is -0.930. The van der Waals surface area contributed by atoms with Gasteiger partial charge < -0.3 is 10.2 Å². The second-order valence-electron chi connectivity index (χ2n) is 18.3. The predicted molar refractivity (Wildman–Crippen MR) is 167 cm³/mol. The molecule has 0 aromatic rings. The number of fused-ring (bicyclic) bond motifs is 10. The van der Waals surface area contributed by atoms with Crippen LogP contribution in [0.3, 0.4) is 0 Å². The first-order valence-electron chi connectivity index (χ1n) is 18.2. The molecule has 0 saturated heterocycles. The van der Waals surface area contributed by atoms with E-state index in [4.69, 9.17) is 0 Å². The van der Waals surface area contributed by atoms with E-state index in [1.54, 1.807) is 5.57 Å². The van der Waals surface area contributed by atoms with E-state index in [2.05, 4.69) is 52.8 Å². The van der Waals surface area contributed by atoms with Crippen LogP contribution in [-0.2, 0) is 4.79 Å². The number of hydrogen-bond acceptors (Lipinski definition) is 3. The van der Waals surface area contributed by atoms with Gasteiger partial charge in [-0.25, -0.2) is 0 Å². The Labute approximate surface area is 255 Å². The van der Waals surface area contributed by atoms with Crippen LogP contribution in [-0.4, -0.2) is 27.7 Å². The summed E-state index contributed by atoms with van der Waals surface area (Å²) in [5.74, 6) is 4.77. The summed E-state index contributed by atoms with van der Waals surface area (Å²) in [6, 6.07) is 0. The normalized spacial score (nSPS) is 60.0. The molecule has 0 bridgehead atoms. The smallest absolute Gasteiger partial charge is 0.155 e. The van der Waals surface area contributed by atoms with Gasteiger partial charge in [0.05, 0.1) is 11.7 Å². The second-order valence-corrected chi connectivity index (χ2v) is 18.3. The zero-order chi connectivity index (χ0) is 29.5. The Morgan fingerprint density at radius 3 is 2.29 bits per heavy atom. The van der Waals surface area contributed by atoms with Gasteiger partial charge in [-0.15, -0.1) is 0 Å². The molecule has 4 unspecified atom stereocenters. The summed E-state index contributed by atoms with van der Waals surface area (Å²) in [6.45, 7) is 12.2. The number of aliphatic hydroxyl groups excluding tert-OH is 1. The molecule has 0 aliphatic heterocycles. The van der Waals surface area contributed by atoms with Crippen LogP contribution in [0.4, 0.5) is 0 Å². The van der Waals surface area contributed by atoms with Gasteiger partial charge in [0.1, 0.15) is 0 Å². The fraction of sp³-hybridized carbons (Fsp3) is 0.872. The molecule has 0 amide bonds. The van der Waals surface area contributed by atoms with Gasteiger partial charge in [-0.3, -0.25) is 4.79 Å². The van der Waals surface area contributed by atoms with E-state index in [0.29, 0.717) is 47.2 Å². The minimum absolute atomic E-state index is 0.0325. The number of allylic oxidation sites excluding steroid dienone is 4. The molecule has 232 valence electrons. The highest BCUT2D eigenvalue weighted by molar-refractivity contribution is 5.92. The quantitative estimate of drug-likeness (QED) is 0.309. The van der Waals surface area contributed by atoms with Crippen molar-refractivity contribution in [2.24, 2.45) is 68.5 Å². The summed E-state index contributed by atoms with van der Waals surface area (Å²) >= 11 is 0. The molecule has 0 radical (unpaired) electrons. The molecule has 2 N–H and O–H groups in total. The number of ketones is 1. The third-order valence-electron chi connectivity index (χ3n) is 17.6.